The second-order valence-corrected chi connectivity index (χ2v) is 6.26. The fourth-order valence-electron chi connectivity index (χ4n) is 2.71. The molecule has 4 heteroatoms. The van der Waals surface area contributed by atoms with Crippen molar-refractivity contribution >= 4 is 38.3 Å². The zero-order valence-electron chi connectivity index (χ0n) is 12.1. The van der Waals surface area contributed by atoms with Gasteiger partial charge in [-0.2, -0.15) is 0 Å². The molecule has 1 N–H and O–H groups in total. The lowest BCUT2D eigenvalue weighted by Crippen LogP contribution is -2.37. The van der Waals surface area contributed by atoms with Crippen LogP contribution in [0.4, 0.5) is 5.69 Å². The predicted octanol–water partition coefficient (Wildman–Crippen LogP) is 4.03. The molecule has 1 aliphatic carbocycles. The van der Waals surface area contributed by atoms with Gasteiger partial charge in [-0.3, -0.25) is 4.79 Å². The number of carbonyl (C=O) groups excluding carboxylic acids is 1. The first-order chi connectivity index (χ1) is 10.2. The minimum Gasteiger partial charge on any atom is -0.376 e. The summed E-state index contributed by atoms with van der Waals surface area (Å²) < 4.78 is 1.07. The number of halogens is 1. The molecule has 21 heavy (non-hydrogen) atoms. The molecule has 0 aliphatic heterocycles. The second kappa shape index (κ2) is 6.06. The number of fused-ring (bicyclic) bond motifs is 1. The third-order valence-electron chi connectivity index (χ3n) is 3.95. The van der Waals surface area contributed by atoms with E-state index < -0.39 is 0 Å². The lowest BCUT2D eigenvalue weighted by molar-refractivity contribution is -0.129. The largest absolute Gasteiger partial charge is 0.376 e. The lowest BCUT2D eigenvalue weighted by atomic mass is 10.1. The normalized spacial score (nSPS) is 14.2. The maximum atomic E-state index is 12.3. The molecule has 0 bridgehead atoms. The van der Waals surface area contributed by atoms with Crippen LogP contribution in [-0.2, 0) is 4.79 Å². The average Bonchev–Trinajstić information content (AvgIpc) is 3.32. The van der Waals surface area contributed by atoms with Crippen LogP contribution in [0.2, 0.25) is 0 Å². The van der Waals surface area contributed by atoms with E-state index in [0.717, 1.165) is 40.3 Å². The standard InChI is InChI=1S/C17H19BrN2O/c1-2-20(12-7-8-12)17(21)11-19-16-10-9-15(18)13-5-3-4-6-14(13)16/h3-6,9-10,12,19H,2,7-8,11H2,1H3. The Hall–Kier alpha value is -1.55. The summed E-state index contributed by atoms with van der Waals surface area (Å²) in [5.74, 6) is 0.187. The fourth-order valence-corrected chi connectivity index (χ4v) is 3.19. The molecule has 0 aromatic heterocycles. The van der Waals surface area contributed by atoms with E-state index in [2.05, 4.69) is 33.4 Å². The van der Waals surface area contributed by atoms with Gasteiger partial charge in [-0.1, -0.05) is 40.2 Å². The Labute approximate surface area is 133 Å². The molecule has 3 rings (SSSR count). The van der Waals surface area contributed by atoms with Crippen LogP contribution in [0.25, 0.3) is 10.8 Å². The Morgan fingerprint density at radius 2 is 1.95 bits per heavy atom. The third-order valence-corrected chi connectivity index (χ3v) is 4.64. The minimum atomic E-state index is 0.187. The molecule has 1 amide bonds. The van der Waals surface area contributed by atoms with Crippen molar-refractivity contribution in [1.29, 1.82) is 0 Å². The first kappa shape index (κ1) is 14.4. The zero-order valence-corrected chi connectivity index (χ0v) is 13.7. The van der Waals surface area contributed by atoms with Gasteiger partial charge in [-0.15, -0.1) is 0 Å². The second-order valence-electron chi connectivity index (χ2n) is 5.41. The SMILES string of the molecule is CCN(C(=O)CNc1ccc(Br)c2ccccc12)C1CC1. The van der Waals surface area contributed by atoms with Gasteiger partial charge in [0.2, 0.25) is 5.91 Å². The van der Waals surface area contributed by atoms with Crippen LogP contribution >= 0.6 is 15.9 Å². The maximum absolute atomic E-state index is 12.3. The number of hydrogen-bond acceptors (Lipinski definition) is 2. The van der Waals surface area contributed by atoms with E-state index >= 15 is 0 Å². The number of nitrogens with one attached hydrogen (secondary N) is 1. The number of anilines is 1. The Morgan fingerprint density at radius 1 is 1.24 bits per heavy atom. The van der Waals surface area contributed by atoms with Gasteiger partial charge in [-0.25, -0.2) is 0 Å². The first-order valence-electron chi connectivity index (χ1n) is 7.41. The van der Waals surface area contributed by atoms with Gasteiger partial charge in [0.1, 0.15) is 0 Å². The summed E-state index contributed by atoms with van der Waals surface area (Å²) in [5, 5.41) is 5.59. The summed E-state index contributed by atoms with van der Waals surface area (Å²) in [6.07, 6.45) is 2.31. The molecule has 2 aromatic carbocycles. The van der Waals surface area contributed by atoms with Crippen molar-refractivity contribution in [3.05, 3.63) is 40.9 Å². The number of benzene rings is 2. The van der Waals surface area contributed by atoms with Crippen LogP contribution in [0.5, 0.6) is 0 Å². The highest BCUT2D eigenvalue weighted by Gasteiger charge is 2.30. The molecule has 2 aromatic rings. The van der Waals surface area contributed by atoms with Crippen molar-refractivity contribution in [3.8, 4) is 0 Å². The monoisotopic (exact) mass is 346 g/mol. The van der Waals surface area contributed by atoms with Gasteiger partial charge in [-0.05, 0) is 37.3 Å². The summed E-state index contributed by atoms with van der Waals surface area (Å²) in [7, 11) is 0. The van der Waals surface area contributed by atoms with Crippen molar-refractivity contribution in [2.45, 2.75) is 25.8 Å². The quantitative estimate of drug-likeness (QED) is 0.886. The average molecular weight is 347 g/mol. The molecule has 0 spiro atoms. The molecule has 110 valence electrons. The Bertz CT molecular complexity index is 667. The van der Waals surface area contributed by atoms with E-state index in [-0.39, 0.29) is 5.91 Å². The van der Waals surface area contributed by atoms with E-state index in [4.69, 9.17) is 0 Å². The van der Waals surface area contributed by atoms with Gasteiger partial charge in [0.05, 0.1) is 6.54 Å². The first-order valence-corrected chi connectivity index (χ1v) is 8.20. The molecule has 0 unspecified atom stereocenters. The van der Waals surface area contributed by atoms with Gasteiger partial charge in [0.15, 0.2) is 0 Å². The highest BCUT2D eigenvalue weighted by atomic mass is 79.9. The number of amides is 1. The number of carbonyl (C=O) groups is 1. The van der Waals surface area contributed by atoms with E-state index in [1.807, 2.05) is 36.1 Å². The molecule has 3 nitrogen and oxygen atoms in total. The van der Waals surface area contributed by atoms with Crippen LogP contribution < -0.4 is 5.32 Å². The summed E-state index contributed by atoms with van der Waals surface area (Å²) in [5.41, 5.74) is 1.01. The van der Waals surface area contributed by atoms with Crippen molar-refractivity contribution in [2.24, 2.45) is 0 Å². The Kier molecular flexibility index (Phi) is 4.15. The topological polar surface area (TPSA) is 32.3 Å². The molecular weight excluding hydrogens is 328 g/mol. The summed E-state index contributed by atoms with van der Waals surface area (Å²) >= 11 is 3.57. The fraction of sp³-hybridized carbons (Fsp3) is 0.353. The van der Waals surface area contributed by atoms with Crippen LogP contribution in [0.3, 0.4) is 0 Å². The Balaban J connectivity index is 1.76. The van der Waals surface area contributed by atoms with E-state index in [0.29, 0.717) is 12.6 Å². The number of nitrogens with zero attached hydrogens (tertiary/aromatic N) is 1. The summed E-state index contributed by atoms with van der Waals surface area (Å²) in [6, 6.07) is 12.7. The maximum Gasteiger partial charge on any atom is 0.242 e. The minimum absolute atomic E-state index is 0.187. The van der Waals surface area contributed by atoms with E-state index in [1.54, 1.807) is 0 Å². The summed E-state index contributed by atoms with van der Waals surface area (Å²) in [4.78, 5) is 14.3. The smallest absolute Gasteiger partial charge is 0.242 e. The number of likely N-dealkylation sites (N-methyl/N-ethyl adjacent to an activating group) is 1. The molecule has 0 saturated heterocycles. The zero-order chi connectivity index (χ0) is 14.8. The van der Waals surface area contributed by atoms with Crippen molar-refractivity contribution in [3.63, 3.8) is 0 Å². The molecule has 0 radical (unpaired) electrons. The van der Waals surface area contributed by atoms with Crippen molar-refractivity contribution < 1.29 is 4.79 Å². The molecule has 1 aliphatic rings. The lowest BCUT2D eigenvalue weighted by Gasteiger charge is -2.21. The van der Waals surface area contributed by atoms with Gasteiger partial charge >= 0.3 is 0 Å². The molecule has 0 atom stereocenters. The highest BCUT2D eigenvalue weighted by Crippen LogP contribution is 2.30. The predicted molar refractivity (Wildman–Crippen MR) is 90.5 cm³/mol. The van der Waals surface area contributed by atoms with Crippen molar-refractivity contribution in [2.75, 3.05) is 18.4 Å². The third kappa shape index (κ3) is 3.05. The highest BCUT2D eigenvalue weighted by molar-refractivity contribution is 9.10. The molecular formula is C17H19BrN2O. The van der Waals surface area contributed by atoms with E-state index in [1.165, 1.54) is 0 Å². The molecule has 1 saturated carbocycles. The number of rotatable bonds is 5. The summed E-state index contributed by atoms with van der Waals surface area (Å²) in [6.45, 7) is 3.20. The number of hydrogen-bond donors (Lipinski definition) is 1. The van der Waals surface area contributed by atoms with Gasteiger partial charge in [0.25, 0.3) is 0 Å². The van der Waals surface area contributed by atoms with Crippen LogP contribution in [0, 0.1) is 0 Å². The van der Waals surface area contributed by atoms with Crippen molar-refractivity contribution in [1.82, 2.24) is 4.90 Å². The molecule has 1 fully saturated rings. The van der Waals surface area contributed by atoms with E-state index in [9.17, 15) is 4.79 Å². The van der Waals surface area contributed by atoms with Crippen LogP contribution in [-0.4, -0.2) is 29.9 Å². The molecule has 0 heterocycles. The van der Waals surface area contributed by atoms with Gasteiger partial charge < -0.3 is 10.2 Å². The van der Waals surface area contributed by atoms with Crippen LogP contribution in [0.1, 0.15) is 19.8 Å². The van der Waals surface area contributed by atoms with Gasteiger partial charge in [0, 0.05) is 28.1 Å². The Morgan fingerprint density at radius 3 is 2.62 bits per heavy atom. The van der Waals surface area contributed by atoms with Crippen LogP contribution in [0.15, 0.2) is 40.9 Å².